The molecule has 3 heterocycles. The maximum Gasteiger partial charge on any atom is 0.417 e. The Kier molecular flexibility index (Phi) is 7.42. The first kappa shape index (κ1) is 25.0. The topological polar surface area (TPSA) is 76.6 Å². The van der Waals surface area contributed by atoms with Gasteiger partial charge in [-0.1, -0.05) is 23.8 Å². The minimum atomic E-state index is -4.44. The van der Waals surface area contributed by atoms with Crippen molar-refractivity contribution < 1.29 is 27.4 Å². The zero-order valence-corrected chi connectivity index (χ0v) is 19.8. The lowest BCUT2D eigenvalue weighted by molar-refractivity contribution is -0.137. The summed E-state index contributed by atoms with van der Waals surface area (Å²) in [7, 11) is 1.54. The van der Waals surface area contributed by atoms with Crippen molar-refractivity contribution in [2.24, 2.45) is 0 Å². The Morgan fingerprint density at radius 2 is 1.83 bits per heavy atom. The van der Waals surface area contributed by atoms with E-state index in [-0.39, 0.29) is 11.9 Å². The van der Waals surface area contributed by atoms with Crippen molar-refractivity contribution in [1.29, 1.82) is 0 Å². The van der Waals surface area contributed by atoms with Crippen LogP contribution in [0.4, 0.5) is 23.7 Å². The van der Waals surface area contributed by atoms with E-state index in [2.05, 4.69) is 15.3 Å². The molecule has 2 amide bonds. The molecule has 36 heavy (non-hydrogen) atoms. The maximum absolute atomic E-state index is 12.7. The van der Waals surface area contributed by atoms with E-state index in [0.717, 1.165) is 30.7 Å². The monoisotopic (exact) mass is 498 g/mol. The Hall–Kier alpha value is -4.08. The number of piperidine rings is 1. The number of amides is 2. The molecule has 0 aliphatic carbocycles. The van der Waals surface area contributed by atoms with Gasteiger partial charge in [-0.15, -0.1) is 0 Å². The molecule has 10 heteroatoms. The second-order valence-electron chi connectivity index (χ2n) is 8.26. The van der Waals surface area contributed by atoms with E-state index < -0.39 is 11.7 Å². The number of halogens is 3. The average molecular weight is 499 g/mol. The van der Waals surface area contributed by atoms with Crippen LogP contribution in [-0.4, -0.2) is 41.1 Å². The highest BCUT2D eigenvalue weighted by Gasteiger charge is 2.30. The lowest BCUT2D eigenvalue weighted by Gasteiger charge is -2.29. The summed E-state index contributed by atoms with van der Waals surface area (Å²) in [6.45, 7) is 2.96. The predicted molar refractivity (Wildman–Crippen MR) is 129 cm³/mol. The van der Waals surface area contributed by atoms with Crippen LogP contribution >= 0.6 is 0 Å². The molecule has 3 aromatic rings. The molecule has 188 valence electrons. The lowest BCUT2D eigenvalue weighted by atomic mass is 10.0. The molecular formula is C26H25F3N4O3. The molecule has 1 saturated heterocycles. The van der Waals surface area contributed by atoms with Gasteiger partial charge in [0.2, 0.25) is 11.8 Å². The van der Waals surface area contributed by atoms with Gasteiger partial charge in [0.05, 0.1) is 24.1 Å². The zero-order chi connectivity index (χ0) is 25.7. The molecule has 1 N–H and O–H groups in total. The fourth-order valence-corrected chi connectivity index (χ4v) is 3.75. The third-order valence-corrected chi connectivity index (χ3v) is 5.72. The molecule has 0 radical (unpaired) electrons. The summed E-state index contributed by atoms with van der Waals surface area (Å²) in [6.07, 6.45) is -0.214. The van der Waals surface area contributed by atoms with E-state index in [4.69, 9.17) is 9.47 Å². The van der Waals surface area contributed by atoms with Crippen molar-refractivity contribution in [3.63, 3.8) is 0 Å². The van der Waals surface area contributed by atoms with Gasteiger partial charge in [0, 0.05) is 31.4 Å². The first-order chi connectivity index (χ1) is 17.2. The molecule has 2 aromatic heterocycles. The van der Waals surface area contributed by atoms with Gasteiger partial charge in [0.1, 0.15) is 5.75 Å². The Labute approximate surface area is 206 Å². The van der Waals surface area contributed by atoms with Gasteiger partial charge in [0.15, 0.2) is 0 Å². The fraction of sp³-hybridized carbons (Fsp3) is 0.269. The van der Waals surface area contributed by atoms with Crippen LogP contribution in [0.25, 0.3) is 6.08 Å². The number of nitrogens with zero attached hydrogens (tertiary/aromatic N) is 3. The minimum Gasteiger partial charge on any atom is -0.481 e. The number of methoxy groups -OCH3 is 1. The molecule has 0 saturated carbocycles. The highest BCUT2D eigenvalue weighted by atomic mass is 19.4. The van der Waals surface area contributed by atoms with Gasteiger partial charge in [0.25, 0.3) is 0 Å². The molecule has 0 spiro atoms. The van der Waals surface area contributed by atoms with E-state index in [1.807, 2.05) is 12.1 Å². The first-order valence-corrected chi connectivity index (χ1v) is 11.3. The molecule has 7 nitrogen and oxygen atoms in total. The molecule has 4 rings (SSSR count). The highest BCUT2D eigenvalue weighted by molar-refractivity contribution is 5.90. The highest BCUT2D eigenvalue weighted by Crippen LogP contribution is 2.30. The van der Waals surface area contributed by atoms with Crippen molar-refractivity contribution in [2.45, 2.75) is 25.9 Å². The molecule has 0 atom stereocenters. The van der Waals surface area contributed by atoms with E-state index in [9.17, 15) is 18.0 Å². The number of carbonyl (C=O) groups excluding carboxylic acids is 1. The maximum atomic E-state index is 12.7. The van der Waals surface area contributed by atoms with Crippen molar-refractivity contribution in [1.82, 2.24) is 14.9 Å². The summed E-state index contributed by atoms with van der Waals surface area (Å²) in [6, 6.07) is 12.6. The average Bonchev–Trinajstić information content (AvgIpc) is 2.85. The number of ether oxygens (including phenoxy) is 2. The van der Waals surface area contributed by atoms with Gasteiger partial charge in [-0.3, -0.25) is 0 Å². The van der Waals surface area contributed by atoms with Crippen LogP contribution in [0.15, 0.2) is 60.3 Å². The third kappa shape index (κ3) is 6.32. The molecule has 1 aliphatic rings. The van der Waals surface area contributed by atoms with Crippen LogP contribution in [0.3, 0.4) is 0 Å². The molecule has 1 fully saturated rings. The number of urea groups is 1. The first-order valence-electron chi connectivity index (χ1n) is 11.3. The number of aryl methyl sites for hydroxylation is 1. The summed E-state index contributed by atoms with van der Waals surface area (Å²) in [5.41, 5.74) is 2.57. The van der Waals surface area contributed by atoms with Crippen LogP contribution < -0.4 is 14.8 Å². The number of anilines is 1. The zero-order valence-electron chi connectivity index (χ0n) is 19.8. The number of hydrogen-bond donors (Lipinski definition) is 1. The van der Waals surface area contributed by atoms with E-state index in [0.29, 0.717) is 36.1 Å². The van der Waals surface area contributed by atoms with Crippen molar-refractivity contribution >= 4 is 17.8 Å². The summed E-state index contributed by atoms with van der Waals surface area (Å²) in [5, 5.41) is 2.90. The van der Waals surface area contributed by atoms with E-state index in [1.165, 1.54) is 11.6 Å². The standard InChI is InChI=1S/C26H25F3N4O3/c1-17-22(7-9-24(31-17)35-2)32-25(34)33-12-10-18(11-13-33)14-19-4-3-5-21(15-19)36-23-8-6-20(16-30-23)26(27,28)29/h3-9,14-16H,10-13H2,1-2H3,(H,32,34). The number of nitrogens with one attached hydrogen (secondary N) is 1. The summed E-state index contributed by atoms with van der Waals surface area (Å²) >= 11 is 0. The number of benzene rings is 1. The van der Waals surface area contributed by atoms with E-state index >= 15 is 0 Å². The summed E-state index contributed by atoms with van der Waals surface area (Å²) in [4.78, 5) is 22.5. The van der Waals surface area contributed by atoms with Gasteiger partial charge < -0.3 is 19.7 Å². The quantitative estimate of drug-likeness (QED) is 0.446. The molecule has 0 bridgehead atoms. The Morgan fingerprint density at radius 1 is 1.08 bits per heavy atom. The fourth-order valence-electron chi connectivity index (χ4n) is 3.75. The predicted octanol–water partition coefficient (Wildman–Crippen LogP) is 6.32. The molecule has 1 aliphatic heterocycles. The minimum absolute atomic E-state index is 0.0782. The van der Waals surface area contributed by atoms with Gasteiger partial charge >= 0.3 is 12.2 Å². The molecule has 1 aromatic carbocycles. The summed E-state index contributed by atoms with van der Waals surface area (Å²) < 4.78 is 48.9. The normalized spacial score (nSPS) is 13.8. The number of alkyl halides is 3. The number of likely N-dealkylation sites (tertiary alicyclic amines) is 1. The van der Waals surface area contributed by atoms with Crippen LogP contribution in [-0.2, 0) is 6.18 Å². The van der Waals surface area contributed by atoms with Gasteiger partial charge in [-0.25, -0.2) is 14.8 Å². The van der Waals surface area contributed by atoms with Crippen molar-refractivity contribution in [2.75, 3.05) is 25.5 Å². The smallest absolute Gasteiger partial charge is 0.417 e. The molecule has 0 unspecified atom stereocenters. The number of hydrogen-bond acceptors (Lipinski definition) is 5. The Balaban J connectivity index is 1.34. The van der Waals surface area contributed by atoms with Gasteiger partial charge in [-0.05, 0) is 49.6 Å². The second-order valence-corrected chi connectivity index (χ2v) is 8.26. The molecular weight excluding hydrogens is 473 g/mol. The van der Waals surface area contributed by atoms with Crippen molar-refractivity contribution in [3.05, 3.63) is 77.1 Å². The lowest BCUT2D eigenvalue weighted by Crippen LogP contribution is -2.39. The number of pyridine rings is 2. The van der Waals surface area contributed by atoms with Crippen LogP contribution in [0.2, 0.25) is 0 Å². The Morgan fingerprint density at radius 3 is 2.47 bits per heavy atom. The summed E-state index contributed by atoms with van der Waals surface area (Å²) in [5.74, 6) is 1.04. The second kappa shape index (κ2) is 10.7. The number of aromatic nitrogens is 2. The van der Waals surface area contributed by atoms with Crippen molar-refractivity contribution in [3.8, 4) is 17.5 Å². The third-order valence-electron chi connectivity index (χ3n) is 5.72. The Bertz CT molecular complexity index is 1250. The van der Waals surface area contributed by atoms with Crippen LogP contribution in [0, 0.1) is 6.92 Å². The van der Waals surface area contributed by atoms with Gasteiger partial charge in [-0.2, -0.15) is 13.2 Å². The van der Waals surface area contributed by atoms with Crippen LogP contribution in [0.5, 0.6) is 17.5 Å². The van der Waals surface area contributed by atoms with Crippen LogP contribution in [0.1, 0.15) is 29.7 Å². The number of carbonyl (C=O) groups is 1. The SMILES string of the molecule is COc1ccc(NC(=O)N2CCC(=Cc3cccc(Oc4ccc(C(F)(F)F)cn4)c3)CC2)c(C)n1. The van der Waals surface area contributed by atoms with E-state index in [1.54, 1.807) is 49.3 Å². The largest absolute Gasteiger partial charge is 0.481 e. The number of rotatable bonds is 5.